The molecule has 0 aromatic heterocycles. The monoisotopic (exact) mass is 451 g/mol. The Labute approximate surface area is 177 Å². The van der Waals surface area contributed by atoms with Gasteiger partial charge < -0.3 is 10.0 Å². The van der Waals surface area contributed by atoms with Crippen LogP contribution in [0.25, 0.3) is 0 Å². The van der Waals surface area contributed by atoms with Gasteiger partial charge in [-0.2, -0.15) is 0 Å². The lowest BCUT2D eigenvalue weighted by Gasteiger charge is -2.43. The number of halogens is 1. The number of hydrogen-bond donors (Lipinski definition) is 1. The molecule has 1 atom stereocenters. The van der Waals surface area contributed by atoms with E-state index in [-0.39, 0.29) is 11.5 Å². The molecule has 0 spiro atoms. The van der Waals surface area contributed by atoms with Crippen LogP contribution in [-0.4, -0.2) is 72.7 Å². The van der Waals surface area contributed by atoms with Gasteiger partial charge in [-0.15, -0.1) is 0 Å². The number of nitrogens with zero attached hydrogens (tertiary/aromatic N) is 3. The van der Waals surface area contributed by atoms with Crippen molar-refractivity contribution >= 4 is 27.6 Å². The summed E-state index contributed by atoms with van der Waals surface area (Å²) >= 11 is 3.50. The molecule has 0 bridgehead atoms. The molecule has 1 N–H and O–H groups in total. The maximum absolute atomic E-state index is 11.8. The van der Waals surface area contributed by atoms with Crippen LogP contribution in [0.4, 0.5) is 5.69 Å². The van der Waals surface area contributed by atoms with Crippen LogP contribution in [0.5, 0.6) is 0 Å². The van der Waals surface area contributed by atoms with Gasteiger partial charge in [0.25, 0.3) is 0 Å². The van der Waals surface area contributed by atoms with Crippen LogP contribution in [0.3, 0.4) is 0 Å². The van der Waals surface area contributed by atoms with Crippen LogP contribution >= 0.6 is 15.9 Å². The second kappa shape index (κ2) is 9.14. The topological polar surface area (TPSA) is 47.0 Å². The first-order valence-electron chi connectivity index (χ1n) is 10.4. The highest BCUT2D eigenvalue weighted by atomic mass is 79.9. The van der Waals surface area contributed by atoms with Crippen LogP contribution in [0.2, 0.25) is 0 Å². The van der Waals surface area contributed by atoms with Gasteiger partial charge in [0.1, 0.15) is 6.04 Å². The lowest BCUT2D eigenvalue weighted by molar-refractivity contribution is -0.148. The zero-order valence-corrected chi connectivity index (χ0v) is 19.0. The molecule has 156 valence electrons. The van der Waals surface area contributed by atoms with Crippen molar-refractivity contribution in [3.63, 3.8) is 0 Å². The van der Waals surface area contributed by atoms with E-state index in [4.69, 9.17) is 0 Å². The van der Waals surface area contributed by atoms with E-state index in [9.17, 15) is 9.90 Å². The van der Waals surface area contributed by atoms with Crippen LogP contribution in [0, 0.1) is 11.3 Å². The Bertz CT molecular complexity index is 643. The number of carboxylic acids is 1. The van der Waals surface area contributed by atoms with E-state index in [1.165, 1.54) is 5.69 Å². The van der Waals surface area contributed by atoms with Crippen molar-refractivity contribution in [2.75, 3.05) is 50.7 Å². The molecule has 6 heteroatoms. The fourth-order valence-corrected chi connectivity index (χ4v) is 4.94. The number of piperazine rings is 1. The summed E-state index contributed by atoms with van der Waals surface area (Å²) in [5.74, 6) is -0.0000857. The molecule has 3 rings (SSSR count). The first kappa shape index (κ1) is 21.6. The largest absolute Gasteiger partial charge is 0.480 e. The second-order valence-electron chi connectivity index (χ2n) is 9.35. The maximum atomic E-state index is 11.8. The molecule has 0 aliphatic carbocycles. The number of piperidine rings is 1. The maximum Gasteiger partial charge on any atom is 0.321 e. The Hall–Kier alpha value is -1.11. The average molecular weight is 452 g/mol. The SMILES string of the molecule is CC(C)(C)C(C(=O)O)N1CCC(CN2CCN(c3ccc(Br)cc3)CC2)CC1. The minimum Gasteiger partial charge on any atom is -0.480 e. The van der Waals surface area contributed by atoms with Gasteiger partial charge in [0.15, 0.2) is 0 Å². The Morgan fingerprint density at radius 1 is 1.07 bits per heavy atom. The van der Waals surface area contributed by atoms with Gasteiger partial charge >= 0.3 is 5.97 Å². The molecular formula is C22H34BrN3O2. The van der Waals surface area contributed by atoms with E-state index in [2.05, 4.69) is 54.9 Å². The van der Waals surface area contributed by atoms with E-state index < -0.39 is 5.97 Å². The molecule has 0 saturated carbocycles. The van der Waals surface area contributed by atoms with Crippen LogP contribution < -0.4 is 4.90 Å². The second-order valence-corrected chi connectivity index (χ2v) is 10.3. The molecular weight excluding hydrogens is 418 g/mol. The Morgan fingerprint density at radius 2 is 1.64 bits per heavy atom. The lowest BCUT2D eigenvalue weighted by atomic mass is 9.83. The third kappa shape index (κ3) is 5.49. The summed E-state index contributed by atoms with van der Waals surface area (Å²) in [6, 6.07) is 8.20. The highest BCUT2D eigenvalue weighted by molar-refractivity contribution is 9.10. The van der Waals surface area contributed by atoms with Crippen LogP contribution in [0.1, 0.15) is 33.6 Å². The van der Waals surface area contributed by atoms with Gasteiger partial charge in [-0.3, -0.25) is 14.6 Å². The zero-order chi connectivity index (χ0) is 20.3. The molecule has 2 aliphatic heterocycles. The molecule has 2 aliphatic rings. The molecule has 2 saturated heterocycles. The number of carbonyl (C=O) groups is 1. The Morgan fingerprint density at radius 3 is 2.14 bits per heavy atom. The normalized spacial score (nSPS) is 21.6. The highest BCUT2D eigenvalue weighted by Crippen LogP contribution is 2.29. The van der Waals surface area contributed by atoms with E-state index in [1.807, 2.05) is 20.8 Å². The summed E-state index contributed by atoms with van der Waals surface area (Å²) < 4.78 is 1.12. The molecule has 1 unspecified atom stereocenters. The zero-order valence-electron chi connectivity index (χ0n) is 17.4. The van der Waals surface area contributed by atoms with Crippen molar-refractivity contribution in [3.8, 4) is 0 Å². The predicted octanol–water partition coefficient (Wildman–Crippen LogP) is 3.78. The van der Waals surface area contributed by atoms with E-state index in [0.717, 1.165) is 63.1 Å². The number of rotatable bonds is 5. The number of benzene rings is 1. The fourth-order valence-electron chi connectivity index (χ4n) is 4.67. The predicted molar refractivity (Wildman–Crippen MR) is 118 cm³/mol. The summed E-state index contributed by atoms with van der Waals surface area (Å²) in [6.45, 7) is 13.4. The third-order valence-corrected chi connectivity index (χ3v) is 6.68. The molecule has 0 amide bonds. The van der Waals surface area contributed by atoms with E-state index in [1.54, 1.807) is 0 Å². The van der Waals surface area contributed by atoms with E-state index >= 15 is 0 Å². The first-order valence-corrected chi connectivity index (χ1v) is 11.2. The number of anilines is 1. The molecule has 28 heavy (non-hydrogen) atoms. The summed E-state index contributed by atoms with van der Waals surface area (Å²) in [5.41, 5.74) is 1.07. The van der Waals surface area contributed by atoms with Crippen molar-refractivity contribution in [2.45, 2.75) is 39.7 Å². The van der Waals surface area contributed by atoms with Gasteiger partial charge in [0, 0.05) is 42.9 Å². The molecule has 1 aromatic rings. The standard InChI is InChI=1S/C22H34BrN3O2/c1-22(2,3)20(21(27)28)26-10-8-17(9-11-26)16-24-12-14-25(15-13-24)19-6-4-18(23)5-7-19/h4-7,17,20H,8-16H2,1-3H3,(H,27,28). The molecule has 1 aromatic carbocycles. The average Bonchev–Trinajstić information content (AvgIpc) is 2.63. The minimum atomic E-state index is -0.685. The van der Waals surface area contributed by atoms with Gasteiger partial charge in [0.2, 0.25) is 0 Å². The lowest BCUT2D eigenvalue weighted by Crippen LogP contribution is -2.53. The van der Waals surface area contributed by atoms with Crippen molar-refractivity contribution < 1.29 is 9.90 Å². The Kier molecular flexibility index (Phi) is 7.05. The molecule has 5 nitrogen and oxygen atoms in total. The van der Waals surface area contributed by atoms with Crippen LogP contribution in [0.15, 0.2) is 28.7 Å². The first-order chi connectivity index (χ1) is 13.2. The van der Waals surface area contributed by atoms with Crippen molar-refractivity contribution in [3.05, 3.63) is 28.7 Å². The summed E-state index contributed by atoms with van der Waals surface area (Å²) in [7, 11) is 0. The molecule has 0 radical (unpaired) electrons. The smallest absolute Gasteiger partial charge is 0.321 e. The summed E-state index contributed by atoms with van der Waals surface area (Å²) in [5, 5.41) is 9.66. The molecule has 2 fully saturated rings. The number of likely N-dealkylation sites (tertiary alicyclic amines) is 1. The van der Waals surface area contributed by atoms with Crippen molar-refractivity contribution in [1.82, 2.24) is 9.80 Å². The quantitative estimate of drug-likeness (QED) is 0.737. The number of aliphatic carboxylic acids is 1. The number of carboxylic acid groups (broad SMARTS) is 1. The van der Waals surface area contributed by atoms with Gasteiger partial charge in [0.05, 0.1) is 0 Å². The number of hydrogen-bond acceptors (Lipinski definition) is 4. The van der Waals surface area contributed by atoms with Gasteiger partial charge in [-0.1, -0.05) is 36.7 Å². The summed E-state index contributed by atoms with van der Waals surface area (Å²) in [4.78, 5) is 19.0. The van der Waals surface area contributed by atoms with E-state index in [0.29, 0.717) is 5.92 Å². The molecule has 2 heterocycles. The van der Waals surface area contributed by atoms with Crippen LogP contribution in [-0.2, 0) is 4.79 Å². The highest BCUT2D eigenvalue weighted by Gasteiger charge is 2.38. The fraction of sp³-hybridized carbons (Fsp3) is 0.682. The minimum absolute atomic E-state index is 0.234. The Balaban J connectivity index is 1.44. The van der Waals surface area contributed by atoms with Gasteiger partial charge in [-0.25, -0.2) is 0 Å². The van der Waals surface area contributed by atoms with Crippen molar-refractivity contribution in [1.29, 1.82) is 0 Å². The summed E-state index contributed by atoms with van der Waals surface area (Å²) in [6.07, 6.45) is 2.21. The van der Waals surface area contributed by atoms with Gasteiger partial charge in [-0.05, 0) is 61.5 Å². The van der Waals surface area contributed by atoms with Crippen molar-refractivity contribution in [2.24, 2.45) is 11.3 Å². The third-order valence-electron chi connectivity index (χ3n) is 6.15.